The minimum atomic E-state index is -4.36. The normalized spacial score (nSPS) is 13.4. The predicted molar refractivity (Wildman–Crippen MR) is 67.8 cm³/mol. The topological polar surface area (TPSA) is 24.9 Å². The van der Waals surface area contributed by atoms with Crippen molar-refractivity contribution >= 4 is 11.3 Å². The third kappa shape index (κ3) is 3.95. The summed E-state index contributed by atoms with van der Waals surface area (Å²) < 4.78 is 38.1. The minimum absolute atomic E-state index is 0.231. The van der Waals surface area contributed by atoms with Crippen LogP contribution in [-0.2, 0) is 18.1 Å². The Labute approximate surface area is 110 Å². The number of nitrogens with one attached hydrogen (secondary N) is 1. The Hall–Kier alpha value is -0.620. The van der Waals surface area contributed by atoms with E-state index in [1.165, 1.54) is 0 Å². The summed E-state index contributed by atoms with van der Waals surface area (Å²) in [5, 5.41) is 2.39. The number of alkyl halides is 3. The molecule has 0 radical (unpaired) electrons. The second-order valence-electron chi connectivity index (χ2n) is 5.57. The van der Waals surface area contributed by atoms with E-state index >= 15 is 0 Å². The quantitative estimate of drug-likeness (QED) is 0.906. The van der Waals surface area contributed by atoms with Crippen molar-refractivity contribution in [1.29, 1.82) is 0 Å². The van der Waals surface area contributed by atoms with E-state index in [2.05, 4.69) is 10.3 Å². The van der Waals surface area contributed by atoms with Gasteiger partial charge in [-0.05, 0) is 0 Å². The number of nitrogens with zero attached hydrogens (tertiary/aromatic N) is 1. The molecule has 0 bridgehead atoms. The lowest BCUT2D eigenvalue weighted by molar-refractivity contribution is -0.137. The summed E-state index contributed by atoms with van der Waals surface area (Å²) in [5.41, 5.74) is 0.154. The van der Waals surface area contributed by atoms with Gasteiger partial charge in [0, 0.05) is 22.9 Å². The molecule has 0 fully saturated rings. The summed E-state index contributed by atoms with van der Waals surface area (Å²) in [4.78, 5) is 4.45. The lowest BCUT2D eigenvalue weighted by Crippen LogP contribution is -2.23. The smallest absolute Gasteiger partial charge is 0.310 e. The third-order valence-electron chi connectivity index (χ3n) is 2.32. The largest absolute Gasteiger partial charge is 0.443 e. The number of rotatable bonds is 3. The summed E-state index contributed by atoms with van der Waals surface area (Å²) >= 11 is 0.737. The van der Waals surface area contributed by atoms with Crippen molar-refractivity contribution in [3.05, 3.63) is 15.6 Å². The fourth-order valence-electron chi connectivity index (χ4n) is 1.48. The summed E-state index contributed by atoms with van der Waals surface area (Å²) in [6.07, 6.45) is -4.36. The van der Waals surface area contributed by atoms with E-state index in [9.17, 15) is 13.2 Å². The lowest BCUT2D eigenvalue weighted by Gasteiger charge is -2.18. The molecule has 0 aliphatic carbocycles. The molecule has 0 spiro atoms. The SMILES string of the molecule is CC(C)NCc1sc(C(F)(F)F)nc1C(C)(C)C. The Morgan fingerprint density at radius 3 is 2.17 bits per heavy atom. The summed E-state index contributed by atoms with van der Waals surface area (Å²) in [7, 11) is 0. The standard InChI is InChI=1S/C12H19F3N2S/c1-7(2)16-6-8-9(11(3,4)5)17-10(18-8)12(13,14)15/h7,16H,6H2,1-5H3. The molecule has 1 rings (SSSR count). The molecule has 0 unspecified atom stereocenters. The number of hydrogen-bond donors (Lipinski definition) is 1. The van der Waals surface area contributed by atoms with Gasteiger partial charge in [0.15, 0.2) is 5.01 Å². The fraction of sp³-hybridized carbons (Fsp3) is 0.750. The van der Waals surface area contributed by atoms with Crippen molar-refractivity contribution in [2.45, 2.75) is 58.8 Å². The molecule has 0 amide bonds. The van der Waals surface area contributed by atoms with Crippen molar-refractivity contribution in [3.63, 3.8) is 0 Å². The maximum atomic E-state index is 12.7. The van der Waals surface area contributed by atoms with Gasteiger partial charge < -0.3 is 5.32 Å². The molecule has 2 nitrogen and oxygen atoms in total. The molecule has 0 aliphatic rings. The van der Waals surface area contributed by atoms with Crippen molar-refractivity contribution in [3.8, 4) is 0 Å². The Bertz CT molecular complexity index is 402. The Morgan fingerprint density at radius 2 is 1.78 bits per heavy atom. The van der Waals surface area contributed by atoms with Gasteiger partial charge in [0.25, 0.3) is 0 Å². The van der Waals surface area contributed by atoms with Gasteiger partial charge in [-0.1, -0.05) is 34.6 Å². The van der Waals surface area contributed by atoms with Gasteiger partial charge in [-0.2, -0.15) is 13.2 Å². The van der Waals surface area contributed by atoms with Gasteiger partial charge in [-0.3, -0.25) is 0 Å². The van der Waals surface area contributed by atoms with E-state index in [1.807, 2.05) is 34.6 Å². The molecule has 1 N–H and O–H groups in total. The molecule has 1 aromatic heterocycles. The summed E-state index contributed by atoms with van der Waals surface area (Å²) in [6.45, 7) is 9.98. The zero-order chi connectivity index (χ0) is 14.1. The van der Waals surface area contributed by atoms with Crippen LogP contribution in [0.1, 0.15) is 50.2 Å². The zero-order valence-electron chi connectivity index (χ0n) is 11.3. The van der Waals surface area contributed by atoms with Gasteiger partial charge >= 0.3 is 6.18 Å². The van der Waals surface area contributed by atoms with Crippen LogP contribution in [0.15, 0.2) is 0 Å². The average molecular weight is 280 g/mol. The minimum Gasteiger partial charge on any atom is -0.310 e. The number of aromatic nitrogens is 1. The number of hydrogen-bond acceptors (Lipinski definition) is 3. The highest BCUT2D eigenvalue weighted by atomic mass is 32.1. The predicted octanol–water partition coefficient (Wildman–Crippen LogP) is 3.96. The monoisotopic (exact) mass is 280 g/mol. The molecule has 0 atom stereocenters. The molecule has 0 aliphatic heterocycles. The summed E-state index contributed by atoms with van der Waals surface area (Å²) in [5.74, 6) is 0. The van der Waals surface area contributed by atoms with Gasteiger partial charge in [-0.25, -0.2) is 4.98 Å². The van der Waals surface area contributed by atoms with Gasteiger partial charge in [-0.15, -0.1) is 11.3 Å². The highest BCUT2D eigenvalue weighted by molar-refractivity contribution is 7.11. The van der Waals surface area contributed by atoms with Crippen molar-refractivity contribution in [2.75, 3.05) is 0 Å². The molecule has 104 valence electrons. The zero-order valence-corrected chi connectivity index (χ0v) is 12.1. The van der Waals surface area contributed by atoms with Crippen LogP contribution < -0.4 is 5.32 Å². The Morgan fingerprint density at radius 1 is 1.22 bits per heavy atom. The molecule has 0 saturated heterocycles. The Kier molecular flexibility index (Phi) is 4.43. The van der Waals surface area contributed by atoms with Crippen LogP contribution in [0.25, 0.3) is 0 Å². The van der Waals surface area contributed by atoms with Crippen molar-refractivity contribution in [2.24, 2.45) is 0 Å². The second-order valence-corrected chi connectivity index (χ2v) is 6.66. The van der Waals surface area contributed by atoms with Crippen LogP contribution in [-0.4, -0.2) is 11.0 Å². The molecular weight excluding hydrogens is 261 g/mol. The van der Waals surface area contributed by atoms with E-state index in [0.717, 1.165) is 11.3 Å². The van der Waals surface area contributed by atoms with E-state index in [-0.39, 0.29) is 11.5 Å². The second kappa shape index (κ2) is 5.17. The molecule has 1 heterocycles. The molecule has 1 aromatic rings. The first kappa shape index (κ1) is 15.4. The first-order valence-electron chi connectivity index (χ1n) is 5.82. The first-order chi connectivity index (χ1) is 8.01. The van der Waals surface area contributed by atoms with Crippen LogP contribution in [0.4, 0.5) is 13.2 Å². The van der Waals surface area contributed by atoms with Gasteiger partial charge in [0.05, 0.1) is 5.69 Å². The van der Waals surface area contributed by atoms with Crippen molar-refractivity contribution in [1.82, 2.24) is 10.3 Å². The fourth-order valence-corrected chi connectivity index (χ4v) is 2.57. The number of halogens is 3. The number of thiazole rings is 1. The van der Waals surface area contributed by atoms with E-state index in [1.54, 1.807) is 0 Å². The maximum absolute atomic E-state index is 12.7. The van der Waals surface area contributed by atoms with Crippen LogP contribution >= 0.6 is 11.3 Å². The molecule has 0 aromatic carbocycles. The van der Waals surface area contributed by atoms with Crippen LogP contribution in [0.5, 0.6) is 0 Å². The molecule has 0 saturated carbocycles. The Balaban J connectivity index is 3.10. The van der Waals surface area contributed by atoms with Gasteiger partial charge in [0.2, 0.25) is 0 Å². The molecule has 6 heteroatoms. The van der Waals surface area contributed by atoms with E-state index in [0.29, 0.717) is 17.1 Å². The van der Waals surface area contributed by atoms with Crippen LogP contribution in [0, 0.1) is 0 Å². The average Bonchev–Trinajstić information content (AvgIpc) is 2.56. The highest BCUT2D eigenvalue weighted by Crippen LogP contribution is 2.37. The molecular formula is C12H19F3N2S. The lowest BCUT2D eigenvalue weighted by atomic mass is 9.91. The third-order valence-corrected chi connectivity index (χ3v) is 3.42. The highest BCUT2D eigenvalue weighted by Gasteiger charge is 2.37. The van der Waals surface area contributed by atoms with Crippen LogP contribution in [0.3, 0.4) is 0 Å². The maximum Gasteiger partial charge on any atom is 0.443 e. The van der Waals surface area contributed by atoms with E-state index in [4.69, 9.17) is 0 Å². The molecule has 18 heavy (non-hydrogen) atoms. The van der Waals surface area contributed by atoms with Crippen LogP contribution in [0.2, 0.25) is 0 Å². The van der Waals surface area contributed by atoms with E-state index < -0.39 is 11.2 Å². The van der Waals surface area contributed by atoms with Crippen molar-refractivity contribution < 1.29 is 13.2 Å². The first-order valence-corrected chi connectivity index (χ1v) is 6.64. The summed E-state index contributed by atoms with van der Waals surface area (Å²) in [6, 6.07) is 0.231. The van der Waals surface area contributed by atoms with Gasteiger partial charge in [0.1, 0.15) is 0 Å².